The minimum atomic E-state index is -1.19. The number of amides is 4. The summed E-state index contributed by atoms with van der Waals surface area (Å²) < 4.78 is 0. The lowest BCUT2D eigenvalue weighted by Gasteiger charge is -2.22. The van der Waals surface area contributed by atoms with Gasteiger partial charge in [0, 0.05) is 0 Å². The largest absolute Gasteiger partial charge is 0.508 e. The van der Waals surface area contributed by atoms with E-state index in [9.17, 15) is 34.2 Å². The molecule has 10 N–H and O–H groups in total. The number of aromatic hydroxyl groups is 1. The molecule has 4 amide bonds. The highest BCUT2D eigenvalue weighted by molar-refractivity contribution is 5.93. The number of carbonyl (C=O) groups excluding carboxylic acids is 4. The first-order valence-electron chi connectivity index (χ1n) is 13.0. The van der Waals surface area contributed by atoms with Gasteiger partial charge in [-0.25, -0.2) is 4.79 Å². The Balaban J connectivity index is 2.62. The molecule has 1 rings (SSSR count). The van der Waals surface area contributed by atoms with Crippen molar-refractivity contribution in [3.05, 3.63) is 29.8 Å². The molecule has 0 radical (unpaired) electrons. The Bertz CT molecular complexity index is 970. The van der Waals surface area contributed by atoms with E-state index in [2.05, 4.69) is 21.3 Å². The summed E-state index contributed by atoms with van der Waals surface area (Å²) in [6, 6.07) is 2.22. The molecule has 218 valence electrons. The first kappa shape index (κ1) is 33.3. The third-order valence-corrected chi connectivity index (χ3v) is 5.82. The molecule has 0 bridgehead atoms. The predicted molar refractivity (Wildman–Crippen MR) is 144 cm³/mol. The summed E-state index contributed by atoms with van der Waals surface area (Å²) >= 11 is 0. The number of hydrogen-bond acceptors (Lipinski definition) is 8. The van der Waals surface area contributed by atoms with E-state index in [0.29, 0.717) is 25.8 Å². The fourth-order valence-electron chi connectivity index (χ4n) is 3.66. The summed E-state index contributed by atoms with van der Waals surface area (Å²) in [5, 5.41) is 28.6. The van der Waals surface area contributed by atoms with E-state index in [4.69, 9.17) is 11.5 Å². The van der Waals surface area contributed by atoms with Crippen molar-refractivity contribution < 1.29 is 34.2 Å². The molecule has 0 saturated heterocycles. The lowest BCUT2D eigenvalue weighted by Crippen LogP contribution is -2.55. The van der Waals surface area contributed by atoms with Crippen LogP contribution in [-0.2, 0) is 30.4 Å². The SMILES string of the molecule is CC(C)C[C@H](NC(=O)[C@@H](N)Cc1ccc(O)cc1)C(=O)NCC(=O)N[C@@H](C)C(=O)N[C@@H](CCCCN)C(=O)O. The van der Waals surface area contributed by atoms with Gasteiger partial charge in [0.1, 0.15) is 23.9 Å². The van der Waals surface area contributed by atoms with Crippen LogP contribution in [0.15, 0.2) is 24.3 Å². The van der Waals surface area contributed by atoms with Gasteiger partial charge in [0.05, 0.1) is 12.6 Å². The minimum Gasteiger partial charge on any atom is -0.508 e. The van der Waals surface area contributed by atoms with Gasteiger partial charge >= 0.3 is 5.97 Å². The zero-order valence-electron chi connectivity index (χ0n) is 22.7. The second kappa shape index (κ2) is 17.0. The number of nitrogens with one attached hydrogen (secondary N) is 4. The maximum absolute atomic E-state index is 12.8. The molecular formula is C26H42N6O7. The Morgan fingerprint density at radius 3 is 2.05 bits per heavy atom. The van der Waals surface area contributed by atoms with E-state index in [-0.39, 0.29) is 24.5 Å². The van der Waals surface area contributed by atoms with E-state index in [1.54, 1.807) is 12.1 Å². The summed E-state index contributed by atoms with van der Waals surface area (Å²) in [5.74, 6) is -3.54. The number of benzene rings is 1. The molecule has 4 atom stereocenters. The molecule has 13 heteroatoms. The molecule has 0 aliphatic carbocycles. The molecule has 1 aromatic carbocycles. The van der Waals surface area contributed by atoms with Crippen LogP contribution in [0.1, 0.15) is 52.0 Å². The van der Waals surface area contributed by atoms with Crippen molar-refractivity contribution >= 4 is 29.6 Å². The Labute approximate surface area is 228 Å². The average Bonchev–Trinajstić information content (AvgIpc) is 2.87. The van der Waals surface area contributed by atoms with Crippen molar-refractivity contribution in [2.24, 2.45) is 17.4 Å². The number of phenolic OH excluding ortho intramolecular Hbond substituents is 1. The van der Waals surface area contributed by atoms with Crippen LogP contribution in [-0.4, -0.2) is 77.1 Å². The number of carboxylic acid groups (broad SMARTS) is 1. The normalized spacial score (nSPS) is 14.0. The van der Waals surface area contributed by atoms with Crippen molar-refractivity contribution in [2.45, 2.75) is 77.0 Å². The topological polar surface area (TPSA) is 226 Å². The molecule has 13 nitrogen and oxygen atoms in total. The van der Waals surface area contributed by atoms with Crippen molar-refractivity contribution in [3.8, 4) is 5.75 Å². The molecule has 0 fully saturated rings. The van der Waals surface area contributed by atoms with E-state index >= 15 is 0 Å². The number of unbranched alkanes of at least 4 members (excludes halogenated alkanes) is 1. The highest BCUT2D eigenvalue weighted by atomic mass is 16.4. The number of phenols is 1. The van der Waals surface area contributed by atoms with Gasteiger partial charge in [0.15, 0.2) is 0 Å². The van der Waals surface area contributed by atoms with Crippen molar-refractivity contribution in [1.82, 2.24) is 21.3 Å². The molecule has 0 aliphatic rings. The van der Waals surface area contributed by atoms with Crippen molar-refractivity contribution in [3.63, 3.8) is 0 Å². The van der Waals surface area contributed by atoms with Gasteiger partial charge in [-0.05, 0) is 69.2 Å². The van der Waals surface area contributed by atoms with Crippen molar-refractivity contribution in [2.75, 3.05) is 13.1 Å². The van der Waals surface area contributed by atoms with Crippen LogP contribution in [0.25, 0.3) is 0 Å². The fourth-order valence-corrected chi connectivity index (χ4v) is 3.66. The Kier molecular flexibility index (Phi) is 14.5. The second-order valence-electron chi connectivity index (χ2n) is 9.86. The van der Waals surface area contributed by atoms with Gasteiger partial charge in [-0.3, -0.25) is 19.2 Å². The zero-order valence-corrected chi connectivity index (χ0v) is 22.7. The lowest BCUT2D eigenvalue weighted by atomic mass is 10.0. The maximum atomic E-state index is 12.8. The Morgan fingerprint density at radius 2 is 1.49 bits per heavy atom. The number of aliphatic carboxylic acids is 1. The Hall–Kier alpha value is -3.71. The highest BCUT2D eigenvalue weighted by Crippen LogP contribution is 2.11. The van der Waals surface area contributed by atoms with Crippen LogP contribution in [0.3, 0.4) is 0 Å². The smallest absolute Gasteiger partial charge is 0.326 e. The monoisotopic (exact) mass is 550 g/mol. The molecule has 0 spiro atoms. The van der Waals surface area contributed by atoms with Crippen LogP contribution < -0.4 is 32.7 Å². The molecule has 0 aromatic heterocycles. The van der Waals surface area contributed by atoms with Gasteiger partial charge in [-0.15, -0.1) is 0 Å². The number of carboxylic acids is 1. The zero-order chi connectivity index (χ0) is 29.5. The number of hydrogen-bond donors (Lipinski definition) is 8. The molecule has 0 unspecified atom stereocenters. The molecule has 1 aromatic rings. The van der Waals surface area contributed by atoms with Gasteiger partial charge in [0.2, 0.25) is 23.6 Å². The summed E-state index contributed by atoms with van der Waals surface area (Å²) in [6.07, 6.45) is 1.84. The van der Waals surface area contributed by atoms with Crippen LogP contribution in [0.5, 0.6) is 5.75 Å². The fraction of sp³-hybridized carbons (Fsp3) is 0.577. The minimum absolute atomic E-state index is 0.0407. The van der Waals surface area contributed by atoms with Crippen LogP contribution in [0.4, 0.5) is 0 Å². The molecular weight excluding hydrogens is 508 g/mol. The molecule has 0 saturated carbocycles. The van der Waals surface area contributed by atoms with E-state index in [1.807, 2.05) is 13.8 Å². The first-order valence-corrected chi connectivity index (χ1v) is 13.0. The lowest BCUT2D eigenvalue weighted by molar-refractivity contribution is -0.142. The summed E-state index contributed by atoms with van der Waals surface area (Å²) in [7, 11) is 0. The highest BCUT2D eigenvalue weighted by Gasteiger charge is 2.26. The van der Waals surface area contributed by atoms with Crippen molar-refractivity contribution in [1.29, 1.82) is 0 Å². The number of carbonyl (C=O) groups is 5. The van der Waals surface area contributed by atoms with Gasteiger partial charge < -0.3 is 42.9 Å². The summed E-state index contributed by atoms with van der Waals surface area (Å²) in [4.78, 5) is 61.5. The first-order chi connectivity index (χ1) is 18.3. The second-order valence-corrected chi connectivity index (χ2v) is 9.86. The van der Waals surface area contributed by atoms with Gasteiger partial charge in [-0.1, -0.05) is 26.0 Å². The summed E-state index contributed by atoms with van der Waals surface area (Å²) in [5.41, 5.74) is 12.2. The standard InChI is InChI=1S/C26H42N6O7/c1-15(2)12-21(32-24(36)19(28)13-17-7-9-18(33)10-8-17)25(37)29-14-22(34)30-16(3)23(35)31-20(26(38)39)6-4-5-11-27/h7-10,15-16,19-21,33H,4-6,11-14,27-28H2,1-3H3,(H,29,37)(H,30,34)(H,31,35)(H,32,36)(H,38,39)/t16-,19-,20-,21-/m0/s1. The predicted octanol–water partition coefficient (Wildman–Crippen LogP) is -0.888. The van der Waals surface area contributed by atoms with Gasteiger partial charge in [0.25, 0.3) is 0 Å². The number of rotatable bonds is 17. The summed E-state index contributed by atoms with van der Waals surface area (Å²) in [6.45, 7) is 5.09. The molecule has 0 aliphatic heterocycles. The van der Waals surface area contributed by atoms with E-state index < -0.39 is 60.3 Å². The van der Waals surface area contributed by atoms with Crippen LogP contribution >= 0.6 is 0 Å². The maximum Gasteiger partial charge on any atom is 0.326 e. The molecule has 0 heterocycles. The van der Waals surface area contributed by atoms with E-state index in [0.717, 1.165) is 5.56 Å². The Morgan fingerprint density at radius 1 is 0.872 bits per heavy atom. The average molecular weight is 551 g/mol. The van der Waals surface area contributed by atoms with E-state index in [1.165, 1.54) is 19.1 Å². The molecule has 39 heavy (non-hydrogen) atoms. The number of nitrogens with two attached hydrogens (primary N) is 2. The van der Waals surface area contributed by atoms with Gasteiger partial charge in [-0.2, -0.15) is 0 Å². The third kappa shape index (κ3) is 13.1. The quantitative estimate of drug-likeness (QED) is 0.112. The third-order valence-electron chi connectivity index (χ3n) is 5.82. The van der Waals surface area contributed by atoms with Crippen LogP contribution in [0, 0.1) is 5.92 Å². The van der Waals surface area contributed by atoms with Crippen LogP contribution in [0.2, 0.25) is 0 Å².